The highest BCUT2D eigenvalue weighted by atomic mass is 16.5. The molecular formula is C12H22N2O2. The number of carbonyl (C=O) groups is 1. The Morgan fingerprint density at radius 3 is 2.81 bits per heavy atom. The van der Waals surface area contributed by atoms with E-state index in [0.29, 0.717) is 18.4 Å². The van der Waals surface area contributed by atoms with Gasteiger partial charge in [-0.15, -0.1) is 0 Å². The van der Waals surface area contributed by atoms with Crippen LogP contribution >= 0.6 is 0 Å². The third-order valence-corrected chi connectivity index (χ3v) is 3.52. The number of rotatable bonds is 4. The Labute approximate surface area is 97.1 Å². The molecule has 0 aromatic rings. The maximum absolute atomic E-state index is 11.7. The lowest BCUT2D eigenvalue weighted by Crippen LogP contribution is -2.38. The second-order valence-electron chi connectivity index (χ2n) is 4.86. The van der Waals surface area contributed by atoms with Crippen LogP contribution in [0.5, 0.6) is 0 Å². The summed E-state index contributed by atoms with van der Waals surface area (Å²) >= 11 is 0. The summed E-state index contributed by atoms with van der Waals surface area (Å²) in [4.78, 5) is 11.7. The number of carbonyl (C=O) groups excluding carboxylic acids is 1. The van der Waals surface area contributed by atoms with Crippen LogP contribution in [0.25, 0.3) is 0 Å². The fraction of sp³-hybridized carbons (Fsp3) is 0.917. The molecule has 0 bridgehead atoms. The minimum atomic E-state index is 0.209. The summed E-state index contributed by atoms with van der Waals surface area (Å²) < 4.78 is 5.28. The Kier molecular flexibility index (Phi) is 4.60. The number of amides is 1. The van der Waals surface area contributed by atoms with Crippen LogP contribution < -0.4 is 10.6 Å². The van der Waals surface area contributed by atoms with E-state index in [-0.39, 0.29) is 5.91 Å². The van der Waals surface area contributed by atoms with Crippen molar-refractivity contribution in [1.29, 1.82) is 0 Å². The first-order chi connectivity index (χ1) is 7.84. The van der Waals surface area contributed by atoms with E-state index in [4.69, 9.17) is 4.74 Å². The first-order valence-corrected chi connectivity index (χ1v) is 6.42. The Bertz CT molecular complexity index is 221. The summed E-state index contributed by atoms with van der Waals surface area (Å²) in [5, 5.41) is 6.41. The lowest BCUT2D eigenvalue weighted by Gasteiger charge is -2.21. The molecule has 0 saturated carbocycles. The summed E-state index contributed by atoms with van der Waals surface area (Å²) in [6, 6.07) is 0.499. The number of ether oxygens (including phenoxy) is 1. The van der Waals surface area contributed by atoms with Gasteiger partial charge in [-0.3, -0.25) is 4.79 Å². The summed E-state index contributed by atoms with van der Waals surface area (Å²) in [6.45, 7) is 3.53. The Morgan fingerprint density at radius 1 is 1.31 bits per heavy atom. The Balaban J connectivity index is 1.59. The van der Waals surface area contributed by atoms with Crippen molar-refractivity contribution in [2.75, 3.05) is 26.3 Å². The molecule has 0 aliphatic carbocycles. The Morgan fingerprint density at radius 2 is 2.12 bits per heavy atom. The van der Waals surface area contributed by atoms with E-state index in [1.807, 2.05) is 0 Å². The molecule has 16 heavy (non-hydrogen) atoms. The summed E-state index contributed by atoms with van der Waals surface area (Å²) in [6.07, 6.45) is 5.18. The van der Waals surface area contributed by atoms with E-state index in [0.717, 1.165) is 39.1 Å². The van der Waals surface area contributed by atoms with Crippen molar-refractivity contribution in [2.45, 2.75) is 38.1 Å². The average molecular weight is 226 g/mol. The minimum Gasteiger partial charge on any atom is -0.381 e. The highest BCUT2D eigenvalue weighted by Crippen LogP contribution is 2.18. The van der Waals surface area contributed by atoms with Crippen molar-refractivity contribution in [3.05, 3.63) is 0 Å². The number of hydrogen-bond donors (Lipinski definition) is 2. The zero-order chi connectivity index (χ0) is 11.2. The topological polar surface area (TPSA) is 50.4 Å². The van der Waals surface area contributed by atoms with Crippen molar-refractivity contribution in [3.8, 4) is 0 Å². The summed E-state index contributed by atoms with van der Waals surface area (Å²) in [7, 11) is 0. The molecule has 2 aliphatic rings. The highest BCUT2D eigenvalue weighted by molar-refractivity contribution is 5.76. The average Bonchev–Trinajstić information content (AvgIpc) is 2.81. The highest BCUT2D eigenvalue weighted by Gasteiger charge is 2.19. The molecule has 2 aliphatic heterocycles. The second kappa shape index (κ2) is 6.21. The van der Waals surface area contributed by atoms with Gasteiger partial charge in [0.25, 0.3) is 0 Å². The van der Waals surface area contributed by atoms with Gasteiger partial charge in [0.1, 0.15) is 0 Å². The molecule has 4 heteroatoms. The van der Waals surface area contributed by atoms with Crippen molar-refractivity contribution in [3.63, 3.8) is 0 Å². The van der Waals surface area contributed by atoms with Crippen molar-refractivity contribution >= 4 is 5.91 Å². The van der Waals surface area contributed by atoms with Crippen LogP contribution in [0.2, 0.25) is 0 Å². The van der Waals surface area contributed by atoms with Crippen molar-refractivity contribution in [2.24, 2.45) is 5.92 Å². The molecule has 1 atom stereocenters. The van der Waals surface area contributed by atoms with E-state index >= 15 is 0 Å². The van der Waals surface area contributed by atoms with Crippen LogP contribution in [0.1, 0.15) is 32.1 Å². The van der Waals surface area contributed by atoms with Crippen LogP contribution in [-0.4, -0.2) is 38.3 Å². The summed E-state index contributed by atoms with van der Waals surface area (Å²) in [5.41, 5.74) is 0. The first-order valence-electron chi connectivity index (χ1n) is 6.42. The molecule has 2 rings (SSSR count). The van der Waals surface area contributed by atoms with Crippen molar-refractivity contribution in [1.82, 2.24) is 10.6 Å². The van der Waals surface area contributed by atoms with Gasteiger partial charge in [0, 0.05) is 32.2 Å². The van der Waals surface area contributed by atoms with E-state index in [2.05, 4.69) is 10.6 Å². The maximum Gasteiger partial charge on any atom is 0.220 e. The fourth-order valence-electron chi connectivity index (χ4n) is 2.45. The third-order valence-electron chi connectivity index (χ3n) is 3.52. The molecule has 1 unspecified atom stereocenters. The van der Waals surface area contributed by atoms with Crippen LogP contribution in [0.3, 0.4) is 0 Å². The van der Waals surface area contributed by atoms with Gasteiger partial charge < -0.3 is 15.4 Å². The molecule has 0 aromatic heterocycles. The molecule has 92 valence electrons. The van der Waals surface area contributed by atoms with E-state index < -0.39 is 0 Å². The lowest BCUT2D eigenvalue weighted by molar-refractivity contribution is -0.122. The first kappa shape index (κ1) is 11.9. The van der Waals surface area contributed by atoms with Crippen LogP contribution in [0.15, 0.2) is 0 Å². The molecule has 2 fully saturated rings. The fourth-order valence-corrected chi connectivity index (χ4v) is 2.45. The van der Waals surface area contributed by atoms with Gasteiger partial charge >= 0.3 is 0 Å². The quantitative estimate of drug-likeness (QED) is 0.741. The third kappa shape index (κ3) is 3.76. The zero-order valence-corrected chi connectivity index (χ0v) is 9.84. The standard InChI is InChI=1S/C12H22N2O2/c15-12(8-10-3-6-16-7-4-10)14-9-11-2-1-5-13-11/h10-11,13H,1-9H2,(H,14,15). The van der Waals surface area contributed by atoms with Gasteiger partial charge in [-0.2, -0.15) is 0 Å². The number of hydrogen-bond acceptors (Lipinski definition) is 3. The monoisotopic (exact) mass is 226 g/mol. The van der Waals surface area contributed by atoms with Gasteiger partial charge in [-0.25, -0.2) is 0 Å². The van der Waals surface area contributed by atoms with E-state index in [1.165, 1.54) is 12.8 Å². The lowest BCUT2D eigenvalue weighted by atomic mass is 9.96. The SMILES string of the molecule is O=C(CC1CCOCC1)NCC1CCCN1. The van der Waals surface area contributed by atoms with Gasteiger partial charge in [0.15, 0.2) is 0 Å². The van der Waals surface area contributed by atoms with Gasteiger partial charge in [-0.1, -0.05) is 0 Å². The predicted molar refractivity (Wildman–Crippen MR) is 62.2 cm³/mol. The van der Waals surface area contributed by atoms with E-state index in [9.17, 15) is 4.79 Å². The zero-order valence-electron chi connectivity index (χ0n) is 9.84. The van der Waals surface area contributed by atoms with E-state index in [1.54, 1.807) is 0 Å². The molecule has 2 N–H and O–H groups in total. The second-order valence-corrected chi connectivity index (χ2v) is 4.86. The van der Waals surface area contributed by atoms with Gasteiger partial charge in [-0.05, 0) is 38.1 Å². The van der Waals surface area contributed by atoms with Crippen molar-refractivity contribution < 1.29 is 9.53 Å². The van der Waals surface area contributed by atoms with Gasteiger partial charge in [0.05, 0.1) is 0 Å². The Hall–Kier alpha value is -0.610. The molecule has 2 heterocycles. The normalized spacial score (nSPS) is 26.9. The molecule has 0 aromatic carbocycles. The smallest absolute Gasteiger partial charge is 0.220 e. The summed E-state index contributed by atoms with van der Waals surface area (Å²) in [5.74, 6) is 0.742. The van der Waals surface area contributed by atoms with Crippen LogP contribution in [0.4, 0.5) is 0 Å². The molecule has 2 saturated heterocycles. The number of nitrogens with one attached hydrogen (secondary N) is 2. The molecule has 0 spiro atoms. The minimum absolute atomic E-state index is 0.209. The molecule has 4 nitrogen and oxygen atoms in total. The maximum atomic E-state index is 11.7. The molecule has 0 radical (unpaired) electrons. The largest absolute Gasteiger partial charge is 0.381 e. The van der Waals surface area contributed by atoms with Crippen LogP contribution in [0, 0.1) is 5.92 Å². The van der Waals surface area contributed by atoms with Crippen LogP contribution in [-0.2, 0) is 9.53 Å². The predicted octanol–water partition coefficient (Wildman–Crippen LogP) is 0.671. The van der Waals surface area contributed by atoms with Gasteiger partial charge in [0.2, 0.25) is 5.91 Å². The molecular weight excluding hydrogens is 204 g/mol. The molecule has 1 amide bonds.